The van der Waals surface area contributed by atoms with E-state index in [4.69, 9.17) is 0 Å². The number of aromatic nitrogens is 1. The Hall–Kier alpha value is -3.85. The van der Waals surface area contributed by atoms with Crippen molar-refractivity contribution >= 4 is 33.0 Å². The molecule has 1 aromatic heterocycles. The van der Waals surface area contributed by atoms with Crippen molar-refractivity contribution in [3.05, 3.63) is 113 Å². The van der Waals surface area contributed by atoms with Crippen LogP contribution in [0.4, 0.5) is 0 Å². The summed E-state index contributed by atoms with van der Waals surface area (Å²) in [5.74, 6) is -0.0987. The zero-order valence-corrected chi connectivity index (χ0v) is 19.4. The van der Waals surface area contributed by atoms with Gasteiger partial charge in [-0.1, -0.05) is 75.0 Å². The van der Waals surface area contributed by atoms with Crippen LogP contribution in [0.3, 0.4) is 0 Å². The number of allylic oxidation sites excluding steroid dienone is 4. The molecule has 0 aliphatic heterocycles. The summed E-state index contributed by atoms with van der Waals surface area (Å²) in [5, 5.41) is 14.2. The largest absolute Gasteiger partial charge is 0.506 e. The van der Waals surface area contributed by atoms with Gasteiger partial charge in [0.15, 0.2) is 0 Å². The Labute approximate surface area is 194 Å². The van der Waals surface area contributed by atoms with Gasteiger partial charge in [0, 0.05) is 35.1 Å². The number of para-hydroxylation sites is 1. The zero-order chi connectivity index (χ0) is 23.5. The molecule has 4 aromatic rings. The number of nitrogens with zero attached hydrogens (tertiary/aromatic N) is 1. The second kappa shape index (κ2) is 7.35. The molecule has 3 heteroatoms. The molecule has 0 saturated carbocycles. The molecule has 0 saturated heterocycles. The zero-order valence-electron chi connectivity index (χ0n) is 19.4. The lowest BCUT2D eigenvalue weighted by molar-refractivity contribution is -0.111. The molecule has 1 aliphatic carbocycles. The van der Waals surface area contributed by atoms with Gasteiger partial charge in [0.2, 0.25) is 5.78 Å². The van der Waals surface area contributed by atoms with Crippen LogP contribution in [0.15, 0.2) is 96.4 Å². The Morgan fingerprint density at radius 2 is 1.67 bits per heavy atom. The number of aliphatic hydroxyl groups excluding tert-OH is 1. The van der Waals surface area contributed by atoms with Gasteiger partial charge in [-0.25, -0.2) is 0 Å². The number of Topliss-reactive ketones (excluding diaryl/α,β-unsaturated/α-hetero) is 1. The van der Waals surface area contributed by atoms with Gasteiger partial charge in [0.05, 0.1) is 11.1 Å². The van der Waals surface area contributed by atoms with E-state index in [0.29, 0.717) is 11.1 Å². The minimum Gasteiger partial charge on any atom is -0.506 e. The second-order valence-electron chi connectivity index (χ2n) is 9.41. The summed E-state index contributed by atoms with van der Waals surface area (Å²) in [6.45, 7) is 10.7. The fourth-order valence-electron chi connectivity index (χ4n) is 5.07. The lowest BCUT2D eigenvalue weighted by atomic mass is 9.72. The van der Waals surface area contributed by atoms with E-state index in [-0.39, 0.29) is 11.5 Å². The summed E-state index contributed by atoms with van der Waals surface area (Å²) in [6.07, 6.45) is 3.66. The number of benzene rings is 3. The molecule has 3 nitrogen and oxygen atoms in total. The minimum atomic E-state index is -0.423. The molecule has 0 atom stereocenters. The first-order chi connectivity index (χ1) is 15.7. The number of hydrogen-bond donors (Lipinski definition) is 1. The number of rotatable bonds is 4. The third-order valence-corrected chi connectivity index (χ3v) is 7.01. The highest BCUT2D eigenvalue weighted by atomic mass is 16.3. The van der Waals surface area contributed by atoms with E-state index in [1.165, 1.54) is 21.9 Å². The summed E-state index contributed by atoms with van der Waals surface area (Å²) < 4.78 is 1.98. The van der Waals surface area contributed by atoms with Crippen LogP contribution in [-0.2, 0) is 17.3 Å². The van der Waals surface area contributed by atoms with E-state index in [0.717, 1.165) is 22.0 Å². The monoisotopic (exact) mass is 433 g/mol. The maximum Gasteiger partial charge on any atom is 0.201 e. The summed E-state index contributed by atoms with van der Waals surface area (Å²) in [5.41, 5.74) is 5.22. The average Bonchev–Trinajstić information content (AvgIpc) is 3.13. The maximum atomic E-state index is 13.2. The molecule has 33 heavy (non-hydrogen) atoms. The Morgan fingerprint density at radius 1 is 1.00 bits per heavy atom. The molecule has 0 amide bonds. The highest BCUT2D eigenvalue weighted by Gasteiger charge is 2.37. The van der Waals surface area contributed by atoms with Crippen LogP contribution in [-0.4, -0.2) is 15.5 Å². The third kappa shape index (κ3) is 3.07. The van der Waals surface area contributed by atoms with Crippen molar-refractivity contribution in [3.8, 4) is 0 Å². The topological polar surface area (TPSA) is 42.2 Å². The second-order valence-corrected chi connectivity index (χ2v) is 9.41. The number of aliphatic hydroxyl groups is 1. The van der Waals surface area contributed by atoms with Crippen LogP contribution in [0.2, 0.25) is 0 Å². The first kappa shape index (κ1) is 21.0. The van der Waals surface area contributed by atoms with Gasteiger partial charge in [0.1, 0.15) is 5.76 Å². The maximum absolute atomic E-state index is 13.2. The fraction of sp³-hybridized carbons (Fsp3) is 0.167. The van der Waals surface area contributed by atoms with Crippen molar-refractivity contribution in [3.63, 3.8) is 0 Å². The Morgan fingerprint density at radius 3 is 2.39 bits per heavy atom. The number of ketones is 1. The van der Waals surface area contributed by atoms with Crippen molar-refractivity contribution in [1.82, 2.24) is 4.57 Å². The Bertz CT molecular complexity index is 1540. The van der Waals surface area contributed by atoms with Crippen LogP contribution in [0, 0.1) is 6.92 Å². The van der Waals surface area contributed by atoms with Gasteiger partial charge in [-0.05, 0) is 46.5 Å². The van der Waals surface area contributed by atoms with Gasteiger partial charge in [0.25, 0.3) is 0 Å². The van der Waals surface area contributed by atoms with Gasteiger partial charge in [-0.3, -0.25) is 4.79 Å². The highest BCUT2D eigenvalue weighted by molar-refractivity contribution is 6.40. The molecule has 3 aromatic carbocycles. The molecule has 0 fully saturated rings. The third-order valence-electron chi connectivity index (χ3n) is 7.01. The van der Waals surface area contributed by atoms with E-state index < -0.39 is 5.41 Å². The predicted molar refractivity (Wildman–Crippen MR) is 136 cm³/mol. The smallest absolute Gasteiger partial charge is 0.201 e. The highest BCUT2D eigenvalue weighted by Crippen LogP contribution is 2.43. The molecule has 0 radical (unpaired) electrons. The molecular formula is C30H27NO2. The van der Waals surface area contributed by atoms with Gasteiger partial charge in [-0.15, -0.1) is 0 Å². The van der Waals surface area contributed by atoms with Crippen molar-refractivity contribution in [2.45, 2.75) is 26.2 Å². The first-order valence-electron chi connectivity index (χ1n) is 11.1. The quantitative estimate of drug-likeness (QED) is 0.354. The Balaban J connectivity index is 1.57. The molecule has 164 valence electrons. The molecular weight excluding hydrogens is 406 g/mol. The van der Waals surface area contributed by atoms with Crippen molar-refractivity contribution in [1.29, 1.82) is 0 Å². The molecule has 1 heterocycles. The van der Waals surface area contributed by atoms with Crippen LogP contribution < -0.4 is 0 Å². The van der Waals surface area contributed by atoms with Gasteiger partial charge in [-0.2, -0.15) is 0 Å². The van der Waals surface area contributed by atoms with Crippen molar-refractivity contribution < 1.29 is 9.90 Å². The summed E-state index contributed by atoms with van der Waals surface area (Å²) >= 11 is 0. The van der Waals surface area contributed by atoms with Crippen molar-refractivity contribution in [2.75, 3.05) is 0 Å². The summed E-state index contributed by atoms with van der Waals surface area (Å²) in [4.78, 5) is 13.2. The fourth-order valence-corrected chi connectivity index (χ4v) is 5.07. The van der Waals surface area contributed by atoms with E-state index in [1.54, 1.807) is 6.08 Å². The summed E-state index contributed by atoms with van der Waals surface area (Å²) in [6, 6.07) is 20.5. The minimum absolute atomic E-state index is 0.0444. The normalized spacial score (nSPS) is 15.5. The molecule has 5 rings (SSSR count). The molecule has 0 bridgehead atoms. The number of carbonyl (C=O) groups is 1. The standard InChI is InChI=1S/C30H27NO2/c1-18-14-15-20-10-6-7-11-21(20)27(18)30(3,4)19(2)16-23-28(32)26(29(23)33)24-17-31(5)25-13-9-8-12-22(24)25/h6-17,32H,2H2,1,3-5H3/b23-16+. The van der Waals surface area contributed by atoms with E-state index >= 15 is 0 Å². The number of fused-ring (bicyclic) bond motifs is 2. The average molecular weight is 434 g/mol. The van der Waals surface area contributed by atoms with E-state index in [2.05, 4.69) is 51.6 Å². The number of hydrogen-bond acceptors (Lipinski definition) is 2. The van der Waals surface area contributed by atoms with Crippen LogP contribution in [0.1, 0.15) is 30.5 Å². The lowest BCUT2D eigenvalue weighted by Crippen LogP contribution is -2.25. The number of aryl methyl sites for hydroxylation is 2. The van der Waals surface area contributed by atoms with Crippen LogP contribution in [0.5, 0.6) is 0 Å². The SMILES string of the molecule is C=C(/C=C1/C(=O)C(c2cn(C)c3ccccc23)=C1O)C(C)(C)c1c(C)ccc2ccccc12. The van der Waals surface area contributed by atoms with Crippen LogP contribution in [0.25, 0.3) is 27.2 Å². The summed E-state index contributed by atoms with van der Waals surface area (Å²) in [7, 11) is 1.94. The molecule has 0 unspecified atom stereocenters. The van der Waals surface area contributed by atoms with Crippen LogP contribution >= 0.6 is 0 Å². The van der Waals surface area contributed by atoms with Crippen molar-refractivity contribution in [2.24, 2.45) is 7.05 Å². The molecule has 0 spiro atoms. The Kier molecular flexibility index (Phi) is 4.68. The molecule has 1 aliphatic rings. The predicted octanol–water partition coefficient (Wildman–Crippen LogP) is 6.95. The first-order valence-corrected chi connectivity index (χ1v) is 11.1. The number of carbonyl (C=O) groups excluding carboxylic acids is 1. The van der Waals surface area contributed by atoms with E-state index in [9.17, 15) is 9.90 Å². The van der Waals surface area contributed by atoms with Gasteiger partial charge >= 0.3 is 0 Å². The lowest BCUT2D eigenvalue weighted by Gasteiger charge is -2.31. The molecule has 1 N–H and O–H groups in total. The van der Waals surface area contributed by atoms with Gasteiger partial charge < -0.3 is 9.67 Å². The van der Waals surface area contributed by atoms with E-state index in [1.807, 2.05) is 54.2 Å².